The van der Waals surface area contributed by atoms with Crippen LogP contribution in [0, 0.1) is 34.5 Å². The van der Waals surface area contributed by atoms with E-state index < -0.39 is 35.4 Å². The summed E-state index contributed by atoms with van der Waals surface area (Å²) >= 11 is 7.81. The third-order valence-corrected chi connectivity index (χ3v) is 14.5. The van der Waals surface area contributed by atoms with Crippen molar-refractivity contribution in [2.24, 2.45) is 16.2 Å². The minimum Gasteiger partial charge on any atom is -0.489 e. The fourth-order valence-corrected chi connectivity index (χ4v) is 10.7. The van der Waals surface area contributed by atoms with Gasteiger partial charge in [0.1, 0.15) is 36.6 Å². The highest BCUT2D eigenvalue weighted by molar-refractivity contribution is 7.13. The lowest BCUT2D eigenvalue weighted by Gasteiger charge is -2.63. The van der Waals surface area contributed by atoms with Crippen molar-refractivity contribution >= 4 is 52.3 Å². The summed E-state index contributed by atoms with van der Waals surface area (Å²) in [5, 5.41) is 32.7. The number of aromatic nitrogens is 1. The molecule has 16 heteroatoms. The van der Waals surface area contributed by atoms with E-state index in [1.54, 1.807) is 41.7 Å². The van der Waals surface area contributed by atoms with Crippen molar-refractivity contribution in [2.75, 3.05) is 31.6 Å². The Morgan fingerprint density at radius 3 is 2.29 bits per heavy atom. The second kappa shape index (κ2) is 21.8. The van der Waals surface area contributed by atoms with Gasteiger partial charge < -0.3 is 40.7 Å². The molecule has 0 bridgehead atoms. The highest BCUT2D eigenvalue weighted by Gasteiger charge is 2.64. The van der Waals surface area contributed by atoms with Crippen molar-refractivity contribution in [1.82, 2.24) is 25.8 Å². The predicted molar refractivity (Wildman–Crippen MR) is 265 cm³/mol. The highest BCUT2D eigenvalue weighted by Crippen LogP contribution is 2.55. The second-order valence-electron chi connectivity index (χ2n) is 20.3. The molecule has 2 heterocycles. The van der Waals surface area contributed by atoms with Crippen molar-refractivity contribution in [3.05, 3.63) is 99.6 Å². The first kappa shape index (κ1) is 51.9. The van der Waals surface area contributed by atoms with E-state index in [9.17, 15) is 29.5 Å². The molecule has 0 unspecified atom stereocenters. The van der Waals surface area contributed by atoms with Crippen LogP contribution in [0.1, 0.15) is 114 Å². The smallest absolute Gasteiger partial charge is 0.251 e. The van der Waals surface area contributed by atoms with Crippen LogP contribution in [0.5, 0.6) is 5.75 Å². The molecular formula is C52H66ClN7O7S. The number of aryl methyl sites for hydroxylation is 1. The third kappa shape index (κ3) is 12.2. The average molecular weight is 969 g/mol. The standard InChI is InChI=1S/C52H66ClN7O7S/c1-31(33-13-15-34(16-14-33)43-32(2)56-30-68-43)57-46(64)41-25-38(61)28-60(41)47(65)44(50(3,4)5)58-42(62)29-66-24-12-10-11-23-55-37-20-17-35(18-21-37)45(63)59-48-51(6,7)49(52(48,8)9)67-39-22-19-36(27-54)40(53)26-39/h13-22,26,30-31,38,41,44,48-49,55,61H,10-12,23-25,28-29H2,1-9H3,(H,57,64)(H,58,62)(H,59,63)/t31-,38-,41+,44-,48?,49?/m1/s1. The zero-order valence-corrected chi connectivity index (χ0v) is 42.1. The summed E-state index contributed by atoms with van der Waals surface area (Å²) in [5.41, 5.74) is 5.11. The first-order chi connectivity index (χ1) is 32.1. The minimum atomic E-state index is -0.952. The molecular weight excluding hydrogens is 902 g/mol. The molecule has 14 nitrogen and oxygen atoms in total. The molecule has 2 aliphatic rings. The van der Waals surface area contributed by atoms with Crippen LogP contribution in [-0.2, 0) is 19.1 Å². The number of carbonyl (C=O) groups excluding carboxylic acids is 4. The Kier molecular flexibility index (Phi) is 16.6. The van der Waals surface area contributed by atoms with Crippen LogP contribution in [0.15, 0.2) is 72.2 Å². The fraction of sp³-hybridized carbons (Fsp3) is 0.500. The van der Waals surface area contributed by atoms with Gasteiger partial charge in [0, 0.05) is 60.3 Å². The quantitative estimate of drug-likeness (QED) is 0.0572. The van der Waals surface area contributed by atoms with E-state index in [0.29, 0.717) is 35.1 Å². The Morgan fingerprint density at radius 2 is 1.68 bits per heavy atom. The average Bonchev–Trinajstić information content (AvgIpc) is 3.91. The Morgan fingerprint density at radius 1 is 0.985 bits per heavy atom. The largest absolute Gasteiger partial charge is 0.489 e. The molecule has 2 fully saturated rings. The van der Waals surface area contributed by atoms with Crippen LogP contribution in [0.25, 0.3) is 10.4 Å². The van der Waals surface area contributed by atoms with Gasteiger partial charge in [-0.15, -0.1) is 11.3 Å². The summed E-state index contributed by atoms with van der Waals surface area (Å²) < 4.78 is 12.1. The van der Waals surface area contributed by atoms with Gasteiger partial charge in [-0.3, -0.25) is 19.2 Å². The van der Waals surface area contributed by atoms with E-state index in [1.807, 2.05) is 76.5 Å². The molecule has 1 aliphatic carbocycles. The first-order valence-corrected chi connectivity index (χ1v) is 24.5. The van der Waals surface area contributed by atoms with E-state index in [-0.39, 0.29) is 60.4 Å². The maximum Gasteiger partial charge on any atom is 0.251 e. The van der Waals surface area contributed by atoms with Crippen LogP contribution < -0.4 is 26.0 Å². The summed E-state index contributed by atoms with van der Waals surface area (Å²) in [5.74, 6) is -0.820. The summed E-state index contributed by atoms with van der Waals surface area (Å²) in [6.45, 7) is 18.5. The number of amides is 4. The summed E-state index contributed by atoms with van der Waals surface area (Å²) in [6.07, 6.45) is 1.46. The number of aliphatic hydroxyl groups excluding tert-OH is 1. The topological polar surface area (TPSA) is 195 Å². The lowest BCUT2D eigenvalue weighted by Crippen LogP contribution is -2.74. The van der Waals surface area contributed by atoms with E-state index in [0.717, 1.165) is 46.6 Å². The van der Waals surface area contributed by atoms with Crippen LogP contribution >= 0.6 is 22.9 Å². The number of nitrogens with zero attached hydrogens (tertiary/aromatic N) is 3. The number of rotatable bonds is 19. The Bertz CT molecular complexity index is 2450. The molecule has 0 spiro atoms. The molecule has 364 valence electrons. The van der Waals surface area contributed by atoms with Crippen LogP contribution in [-0.4, -0.2) is 95.3 Å². The second-order valence-corrected chi connectivity index (χ2v) is 21.6. The third-order valence-electron chi connectivity index (χ3n) is 13.2. The Balaban J connectivity index is 0.887. The lowest BCUT2D eigenvalue weighted by atomic mass is 9.49. The molecule has 4 atom stereocenters. The van der Waals surface area contributed by atoms with Crippen molar-refractivity contribution in [1.29, 1.82) is 5.26 Å². The highest BCUT2D eigenvalue weighted by atomic mass is 35.5. The number of halogens is 1. The number of β-amino-alcohol motifs (C(OH)–C–C–N with tert-alkyl or cyclic N) is 1. The number of benzene rings is 3. The van der Waals surface area contributed by atoms with Crippen LogP contribution in [0.3, 0.4) is 0 Å². The molecule has 4 amide bonds. The zero-order chi connectivity index (χ0) is 49.6. The van der Waals surface area contributed by atoms with Crippen molar-refractivity contribution in [3.8, 4) is 22.3 Å². The molecule has 1 saturated heterocycles. The molecule has 6 rings (SSSR count). The first-order valence-electron chi connectivity index (χ1n) is 23.3. The Labute approximate surface area is 409 Å². The Hall–Kier alpha value is -5.53. The van der Waals surface area contributed by atoms with E-state index in [2.05, 4.69) is 60.0 Å². The molecule has 3 aromatic carbocycles. The van der Waals surface area contributed by atoms with Gasteiger partial charge in [-0.05, 0) is 86.1 Å². The van der Waals surface area contributed by atoms with Crippen LogP contribution in [0.4, 0.5) is 5.69 Å². The van der Waals surface area contributed by atoms with Gasteiger partial charge in [-0.2, -0.15) is 5.26 Å². The monoisotopic (exact) mass is 967 g/mol. The van der Waals surface area contributed by atoms with Gasteiger partial charge >= 0.3 is 0 Å². The van der Waals surface area contributed by atoms with Crippen molar-refractivity contribution in [2.45, 2.75) is 124 Å². The number of ether oxygens (including phenoxy) is 2. The number of nitrogens with one attached hydrogen (secondary N) is 4. The number of hydrogen-bond donors (Lipinski definition) is 5. The molecule has 4 aromatic rings. The summed E-state index contributed by atoms with van der Waals surface area (Å²) in [7, 11) is 0. The van der Waals surface area contributed by atoms with E-state index in [4.69, 9.17) is 21.1 Å². The van der Waals surface area contributed by atoms with Gasteiger partial charge in [0.05, 0.1) is 38.8 Å². The molecule has 68 heavy (non-hydrogen) atoms. The van der Waals surface area contributed by atoms with Gasteiger partial charge in [0.2, 0.25) is 17.7 Å². The fourth-order valence-electron chi connectivity index (χ4n) is 9.67. The number of aliphatic hydroxyl groups is 1. The molecule has 5 N–H and O–H groups in total. The minimum absolute atomic E-state index is 0.0135. The number of thiazole rings is 1. The predicted octanol–water partition coefficient (Wildman–Crippen LogP) is 8.22. The van der Waals surface area contributed by atoms with E-state index >= 15 is 0 Å². The maximum atomic E-state index is 14.1. The maximum absolute atomic E-state index is 14.1. The molecule has 1 saturated carbocycles. The SMILES string of the molecule is Cc1ncsc1-c1ccc([C@@H](C)NC(=O)[C@@H]2C[C@@H](O)CN2C(=O)[C@@H](NC(=O)COCCCCCNc2ccc(C(=O)NC3C(C)(C)C(Oc4ccc(C#N)c(Cl)c4)C3(C)C)cc2)C(C)(C)C)cc1. The number of anilines is 1. The van der Waals surface area contributed by atoms with Crippen LogP contribution in [0.2, 0.25) is 5.02 Å². The number of nitriles is 1. The summed E-state index contributed by atoms with van der Waals surface area (Å²) in [6, 6.07) is 20.1. The zero-order valence-electron chi connectivity index (χ0n) is 40.6. The molecule has 1 aliphatic heterocycles. The van der Waals surface area contributed by atoms with E-state index in [1.165, 1.54) is 4.90 Å². The number of likely N-dealkylation sites (tertiary alicyclic amines) is 1. The van der Waals surface area contributed by atoms with Gasteiger partial charge in [-0.25, -0.2) is 4.98 Å². The number of unbranched alkanes of at least 4 members (excludes halogenated alkanes) is 2. The lowest BCUT2D eigenvalue weighted by molar-refractivity contribution is -0.164. The normalized spacial score (nSPS) is 20.3. The molecule has 0 radical (unpaired) electrons. The van der Waals surface area contributed by atoms with Gasteiger partial charge in [-0.1, -0.05) is 84.3 Å². The van der Waals surface area contributed by atoms with Gasteiger partial charge in [0.15, 0.2) is 0 Å². The van der Waals surface area contributed by atoms with Crippen molar-refractivity contribution < 1.29 is 33.8 Å². The van der Waals surface area contributed by atoms with Gasteiger partial charge in [0.25, 0.3) is 5.91 Å². The molecule has 1 aromatic heterocycles. The summed E-state index contributed by atoms with van der Waals surface area (Å²) in [4.78, 5) is 61.0. The number of carbonyl (C=O) groups is 4. The van der Waals surface area contributed by atoms with Crippen molar-refractivity contribution in [3.63, 3.8) is 0 Å². The number of hydrogen-bond acceptors (Lipinski definition) is 11.